The molecule has 10 aliphatic heterocycles. The van der Waals surface area contributed by atoms with Gasteiger partial charge in [-0.15, -0.1) is 0 Å². The third kappa shape index (κ3) is 48.0. The van der Waals surface area contributed by atoms with Crippen LogP contribution < -0.4 is 151 Å². The molecule has 9 atom stereocenters. The Kier molecular flexibility index (Phi) is 49.6. The van der Waals surface area contributed by atoms with E-state index in [0.717, 1.165) is 110 Å². The number of ether oxygens (including phenoxy) is 2. The lowest BCUT2D eigenvalue weighted by atomic mass is 10.1. The Morgan fingerprint density at radius 3 is 1.45 bits per heavy atom. The minimum atomic E-state index is -0.120. The Labute approximate surface area is 864 Å². The van der Waals surface area contributed by atoms with Gasteiger partial charge in [0.2, 0.25) is 24.7 Å². The van der Waals surface area contributed by atoms with Crippen LogP contribution in [0.5, 0.6) is 23.0 Å². The monoisotopic (exact) mass is 2050 g/mol. The predicted molar refractivity (Wildman–Crippen MR) is 594 cm³/mol. The van der Waals surface area contributed by atoms with Crippen LogP contribution in [0.1, 0.15) is 124 Å². The molecular weight excluding hydrogens is 1900 g/mol. The SMILES string of the molecule is CC1CN=C(N)NC(=NCCc2ccc(O)c(O)c2)N1.CC1CN=C(N)NC(=NCCc2ccc3c(c2)OCO3)N1.CC1CN=C(N)NC(=NCCc2ccccc2)N1.CC1CN=C(N)NC(=NCCc2ccco2)N1.CC1CN=C(N)NC(N(C)C)=N1.CC1CN=C(N)NC(N)=N1.CC1N=C(N)NC(=NCCc2ccoc2)N1.CC1N=C(Nc2ccc(Cl)cc2)NC(NC(C)C)=N1.CCCCN=C1N=C(N)NCC(C)N1. The highest BCUT2D eigenvalue weighted by atomic mass is 35.5. The standard InChI is InChI=1S/C14H19N5O2.C13H18ClN5.C13H19N5O2.C13H19N5.C11H17N5O.C10H15N5O.C9H19N5.C7H15N5.C5H11N5/c1-9-7-17-13(15)19-14(18-9)16-5-4-10-2-3-11-12(6-10)21-8-20-11;1-8(2)15-12-16-9(3)17-13(19-12)18-11-6-4-10(14)5-7-11;1-8-7-16-12(14)18-13(17-8)15-5-4-9-2-3-10(19)11(20)6-9;1-10-9-16-12(14)18-13(17-10)15-8-7-11-5-3-2-4-6-11;1-8-7-14-10(12)16-11(15-8)13-5-4-9-3-2-6-17-9;1-7-13-9(11)15-10(14-7)12-4-2-8-3-5-16-6-8;1-3-4-5-11-9-13-7(2)6-12-8(10)14-9;1-5-4-9-6(8)11-7(10-5)12(2)3;1-3-2-8-4(6)10-5(7)9-3/h2-3,6,9H,4-5,7-8H2,1H3,(H4,15,16,17,18,19);4-9H,1-3H3,(H3,15,16,17,18,19);2-3,6,8,19-20H,4-5,7H2,1H3,(H4,14,15,16,17,18);2-6,10H,7-9H2,1H3,(H4,14,15,16,17,18);2-3,6,8H,4-5,7H2,1H3,(H4,12,13,14,15,16);3,5-7H,2,4H2,1H3,(H4,11,12,13,14,15);7H,3-6H2,1-2H3,(H4,10,11,12,13,14);5H,4H2,1-3H3,(H3,8,9,10,11);3H,2H2,1H3,(H5,6,7,8,9,10). The second-order valence-electron chi connectivity index (χ2n) is 35.0. The maximum absolute atomic E-state index is 9.41. The summed E-state index contributed by atoms with van der Waals surface area (Å²) in [6, 6.07) is 36.0. The van der Waals surface area contributed by atoms with Crippen molar-refractivity contribution >= 4 is 125 Å². The summed E-state index contributed by atoms with van der Waals surface area (Å²) >= 11 is 5.86. The summed E-state index contributed by atoms with van der Waals surface area (Å²) in [4.78, 5) is 78.2. The van der Waals surface area contributed by atoms with Gasteiger partial charge in [0.15, 0.2) is 112 Å². The number of benzene rings is 4. The number of guanidine groups is 18. The molecule has 0 bridgehead atoms. The number of hydrogen-bond acceptors (Lipinski definition) is 39. The molecule has 0 fully saturated rings. The van der Waals surface area contributed by atoms with E-state index in [4.69, 9.17) is 81.5 Å². The van der Waals surface area contributed by atoms with Crippen LogP contribution in [0, 0.1) is 0 Å². The molecule has 0 saturated heterocycles. The Morgan fingerprint density at radius 2 is 0.925 bits per heavy atom. The molecule has 6 aromatic rings. The van der Waals surface area contributed by atoms with Gasteiger partial charge in [-0.1, -0.05) is 67.4 Å². The largest absolute Gasteiger partial charge is 0.504 e. The Balaban J connectivity index is 0.000000203. The number of phenols is 2. The zero-order chi connectivity index (χ0) is 106. The van der Waals surface area contributed by atoms with Crippen molar-refractivity contribution in [2.45, 2.75) is 189 Å². The molecule has 51 nitrogen and oxygen atoms in total. The Hall–Kier alpha value is -16.4. The lowest BCUT2D eigenvalue weighted by molar-refractivity contribution is 0.174. The molecule has 12 heterocycles. The first kappa shape index (κ1) is 116. The summed E-state index contributed by atoms with van der Waals surface area (Å²) < 4.78 is 20.9. The topological polar surface area (TPSA) is 750 Å². The first-order valence-corrected chi connectivity index (χ1v) is 49.1. The molecule has 147 heavy (non-hydrogen) atoms. The molecular formula is C95H152ClN45O6. The maximum atomic E-state index is 9.41. The second kappa shape index (κ2) is 62.9. The fraction of sp³-hybridized carbons (Fsp3) is 0.474. The summed E-state index contributed by atoms with van der Waals surface area (Å²) in [6.07, 6.45) is 11.1. The number of furan rings is 2. The van der Waals surface area contributed by atoms with E-state index in [1.807, 2.05) is 146 Å². The zero-order valence-electron chi connectivity index (χ0n) is 86.3. The van der Waals surface area contributed by atoms with Gasteiger partial charge < -0.3 is 133 Å². The van der Waals surface area contributed by atoms with Crippen molar-refractivity contribution in [1.82, 2.24) is 90.0 Å². The van der Waals surface area contributed by atoms with Crippen LogP contribution in [0.4, 0.5) is 5.69 Å². The molecule has 0 amide bonds. The molecule has 52 heteroatoms. The molecule has 10 aliphatic rings. The number of nitrogens with two attached hydrogens (primary N) is 9. The Morgan fingerprint density at radius 1 is 0.435 bits per heavy atom. The molecule has 0 spiro atoms. The summed E-state index contributed by atoms with van der Waals surface area (Å²) in [7, 11) is 3.83. The van der Waals surface area contributed by atoms with Gasteiger partial charge >= 0.3 is 0 Å². The normalized spacial score (nSPS) is 22.1. The number of unbranched alkanes of at least 4 members (excludes halogenated alkanes) is 1. The summed E-state index contributed by atoms with van der Waals surface area (Å²) in [6.45, 7) is 33.1. The van der Waals surface area contributed by atoms with Crippen molar-refractivity contribution in [3.63, 3.8) is 0 Å². The second-order valence-corrected chi connectivity index (χ2v) is 35.5. The third-order valence-electron chi connectivity index (χ3n) is 20.4. The van der Waals surface area contributed by atoms with E-state index in [0.29, 0.717) is 191 Å². The van der Waals surface area contributed by atoms with Gasteiger partial charge in [-0.05, 0) is 197 Å². The number of halogens is 1. The van der Waals surface area contributed by atoms with E-state index in [-0.39, 0.29) is 60.1 Å². The van der Waals surface area contributed by atoms with Crippen LogP contribution >= 0.6 is 11.6 Å². The van der Waals surface area contributed by atoms with E-state index in [2.05, 4.69) is 227 Å². The van der Waals surface area contributed by atoms with Crippen LogP contribution in [0.2, 0.25) is 5.02 Å². The average molecular weight is 2060 g/mol. The molecule has 0 aliphatic carbocycles. The number of fused-ring (bicyclic) bond motifs is 1. The third-order valence-corrected chi connectivity index (χ3v) is 20.7. The van der Waals surface area contributed by atoms with E-state index < -0.39 is 0 Å². The lowest BCUT2D eigenvalue weighted by Gasteiger charge is -2.22. The van der Waals surface area contributed by atoms with Gasteiger partial charge in [0.05, 0.1) is 70.1 Å². The van der Waals surface area contributed by atoms with Crippen LogP contribution in [-0.4, -0.2) is 289 Å². The van der Waals surface area contributed by atoms with Crippen molar-refractivity contribution in [3.05, 3.63) is 161 Å². The van der Waals surface area contributed by atoms with E-state index in [9.17, 15) is 10.2 Å². The maximum Gasteiger partial charge on any atom is 0.231 e. The molecule has 9 unspecified atom stereocenters. The van der Waals surface area contributed by atoms with Crippen molar-refractivity contribution in [1.29, 1.82) is 0 Å². The summed E-state index contributed by atoms with van der Waals surface area (Å²) in [5.74, 6) is 11.9. The molecule has 2 aromatic heterocycles. The lowest BCUT2D eigenvalue weighted by Crippen LogP contribution is -2.52. The van der Waals surface area contributed by atoms with Gasteiger partial charge in [-0.25, -0.2) is 25.0 Å². The van der Waals surface area contributed by atoms with Crippen molar-refractivity contribution in [2.24, 2.45) is 141 Å². The number of aliphatic imine (C=N–C) groups is 18. The van der Waals surface area contributed by atoms with Crippen molar-refractivity contribution < 1.29 is 28.5 Å². The van der Waals surface area contributed by atoms with Gasteiger partial charge in [0, 0.05) is 113 Å². The smallest absolute Gasteiger partial charge is 0.231 e. The van der Waals surface area contributed by atoms with Crippen molar-refractivity contribution in [3.8, 4) is 23.0 Å². The molecule has 800 valence electrons. The van der Waals surface area contributed by atoms with Crippen LogP contribution in [0.3, 0.4) is 0 Å². The van der Waals surface area contributed by atoms with Crippen LogP contribution in [-0.2, 0) is 32.1 Å². The molecule has 16 rings (SSSR count). The number of phenolic OH excluding ortho intramolecular Hbond substituents is 2. The highest BCUT2D eigenvalue weighted by molar-refractivity contribution is 6.30. The fourth-order valence-electron chi connectivity index (χ4n) is 13.1. The molecule has 0 saturated carbocycles. The number of nitrogens with zero attached hydrogens (tertiary/aromatic N) is 19. The first-order valence-electron chi connectivity index (χ1n) is 48.7. The van der Waals surface area contributed by atoms with Gasteiger partial charge in [-0.3, -0.25) is 102 Å². The zero-order valence-corrected chi connectivity index (χ0v) is 87.1. The van der Waals surface area contributed by atoms with Crippen molar-refractivity contribution in [2.75, 3.05) is 111 Å². The highest BCUT2D eigenvalue weighted by Crippen LogP contribution is 2.33. The highest BCUT2D eigenvalue weighted by Gasteiger charge is 2.21. The molecule has 37 N–H and O–H groups in total. The number of hydrogen-bond donors (Lipinski definition) is 28. The number of nitrogens with one attached hydrogen (secondary N) is 17. The quantitative estimate of drug-likeness (QED) is 0.0374. The number of rotatable bonds is 20. The Bertz CT molecular complexity index is 5610. The minimum Gasteiger partial charge on any atom is -0.504 e. The average Bonchev–Trinajstić information content (AvgIpc) is 1.23. The van der Waals surface area contributed by atoms with Crippen LogP contribution in [0.25, 0.3) is 0 Å². The van der Waals surface area contributed by atoms with E-state index in [1.165, 1.54) is 17.7 Å². The predicted octanol–water partition coefficient (Wildman–Crippen LogP) is 0.956. The first-order chi connectivity index (χ1) is 70.5. The van der Waals surface area contributed by atoms with Crippen LogP contribution in [0.15, 0.2) is 227 Å². The van der Waals surface area contributed by atoms with Gasteiger partial charge in [0.1, 0.15) is 18.1 Å². The number of aromatic hydroxyl groups is 2. The summed E-state index contributed by atoms with van der Waals surface area (Å²) in [5, 5.41) is 71.2. The molecule has 0 radical (unpaired) electrons. The number of anilines is 1. The minimum absolute atomic E-state index is 0.0334. The molecule has 4 aromatic carbocycles. The van der Waals surface area contributed by atoms with E-state index >= 15 is 0 Å². The fourth-order valence-corrected chi connectivity index (χ4v) is 13.2. The van der Waals surface area contributed by atoms with Gasteiger partial charge in [-0.2, -0.15) is 4.99 Å². The summed E-state index contributed by atoms with van der Waals surface area (Å²) in [5.41, 5.74) is 55.6. The van der Waals surface area contributed by atoms with E-state index in [1.54, 1.807) is 24.9 Å². The van der Waals surface area contributed by atoms with Gasteiger partial charge in [0.25, 0.3) is 0 Å².